The molecule has 20 heavy (non-hydrogen) atoms. The highest BCUT2D eigenvalue weighted by molar-refractivity contribution is 6.31. The fourth-order valence-corrected chi connectivity index (χ4v) is 2.02. The van der Waals surface area contributed by atoms with Gasteiger partial charge in [-0.05, 0) is 24.3 Å². The van der Waals surface area contributed by atoms with Crippen molar-refractivity contribution in [3.63, 3.8) is 0 Å². The lowest BCUT2D eigenvalue weighted by Gasteiger charge is -2.11. The first-order chi connectivity index (χ1) is 9.61. The molecular formula is C14H12Cl2N2O2. The van der Waals surface area contributed by atoms with Gasteiger partial charge in [0.2, 0.25) is 0 Å². The maximum Gasteiger partial charge on any atom is 0.173 e. The number of nitrogens with zero attached hydrogens (tertiary/aromatic N) is 1. The summed E-state index contributed by atoms with van der Waals surface area (Å²) in [7, 11) is 0. The van der Waals surface area contributed by atoms with Crippen molar-refractivity contribution in [2.45, 2.75) is 6.61 Å². The van der Waals surface area contributed by atoms with Gasteiger partial charge in [-0.3, -0.25) is 0 Å². The molecule has 0 aliphatic rings. The number of oxime groups is 1. The summed E-state index contributed by atoms with van der Waals surface area (Å²) in [5.41, 5.74) is 6.86. The van der Waals surface area contributed by atoms with Crippen molar-refractivity contribution in [1.82, 2.24) is 0 Å². The van der Waals surface area contributed by atoms with E-state index >= 15 is 0 Å². The monoisotopic (exact) mass is 310 g/mol. The molecule has 0 fully saturated rings. The van der Waals surface area contributed by atoms with Crippen LogP contribution in [0.3, 0.4) is 0 Å². The molecular weight excluding hydrogens is 299 g/mol. The van der Waals surface area contributed by atoms with Crippen LogP contribution < -0.4 is 10.5 Å². The van der Waals surface area contributed by atoms with E-state index in [1.54, 1.807) is 24.3 Å². The molecule has 0 amide bonds. The van der Waals surface area contributed by atoms with Crippen LogP contribution in [-0.4, -0.2) is 11.0 Å². The van der Waals surface area contributed by atoms with Crippen molar-refractivity contribution < 1.29 is 9.94 Å². The first-order valence-electron chi connectivity index (χ1n) is 5.75. The summed E-state index contributed by atoms with van der Waals surface area (Å²) in [6.07, 6.45) is 0. The topological polar surface area (TPSA) is 67.8 Å². The Balaban J connectivity index is 2.24. The Morgan fingerprint density at radius 1 is 1.20 bits per heavy atom. The minimum Gasteiger partial charge on any atom is -0.488 e. The van der Waals surface area contributed by atoms with Crippen molar-refractivity contribution in [2.75, 3.05) is 0 Å². The molecule has 0 saturated carbocycles. The lowest BCUT2D eigenvalue weighted by Crippen LogP contribution is -2.15. The minimum absolute atomic E-state index is 0.0679. The molecule has 0 aromatic heterocycles. The van der Waals surface area contributed by atoms with E-state index in [9.17, 15) is 0 Å². The molecule has 6 heteroatoms. The minimum atomic E-state index is -0.0679. The third kappa shape index (κ3) is 3.35. The largest absolute Gasteiger partial charge is 0.488 e. The molecule has 0 unspecified atom stereocenters. The van der Waals surface area contributed by atoms with Crippen molar-refractivity contribution in [3.8, 4) is 5.75 Å². The summed E-state index contributed by atoms with van der Waals surface area (Å²) in [4.78, 5) is 0. The summed E-state index contributed by atoms with van der Waals surface area (Å²) in [5.74, 6) is 0.395. The fourth-order valence-electron chi connectivity index (χ4n) is 1.65. The number of hydrogen-bond donors (Lipinski definition) is 2. The van der Waals surface area contributed by atoms with Gasteiger partial charge < -0.3 is 15.7 Å². The van der Waals surface area contributed by atoms with Gasteiger partial charge in [-0.1, -0.05) is 46.6 Å². The molecule has 0 radical (unpaired) electrons. The molecule has 0 heterocycles. The molecule has 104 valence electrons. The second-order valence-electron chi connectivity index (χ2n) is 4.01. The lowest BCUT2D eigenvalue weighted by molar-refractivity contribution is 0.303. The van der Waals surface area contributed by atoms with E-state index in [4.69, 9.17) is 38.9 Å². The van der Waals surface area contributed by atoms with Crippen molar-refractivity contribution >= 4 is 29.0 Å². The number of rotatable bonds is 4. The van der Waals surface area contributed by atoms with E-state index in [1.165, 1.54) is 0 Å². The third-order valence-electron chi connectivity index (χ3n) is 2.67. The molecule has 0 aliphatic carbocycles. The SMILES string of the molecule is NC(=NO)c1cc(Cl)ccc1OCc1ccccc1Cl. The summed E-state index contributed by atoms with van der Waals surface area (Å²) >= 11 is 11.9. The molecule has 0 spiro atoms. The van der Waals surface area contributed by atoms with Crippen LogP contribution in [0.15, 0.2) is 47.6 Å². The number of amidine groups is 1. The Kier molecular flexibility index (Phi) is 4.71. The third-order valence-corrected chi connectivity index (χ3v) is 3.27. The Morgan fingerprint density at radius 2 is 1.95 bits per heavy atom. The van der Waals surface area contributed by atoms with E-state index in [2.05, 4.69) is 5.16 Å². The highest BCUT2D eigenvalue weighted by atomic mass is 35.5. The molecule has 3 N–H and O–H groups in total. The molecule has 0 aliphatic heterocycles. The Labute approximate surface area is 126 Å². The average Bonchev–Trinajstić information content (AvgIpc) is 2.46. The fraction of sp³-hybridized carbons (Fsp3) is 0.0714. The van der Waals surface area contributed by atoms with Crippen molar-refractivity contribution in [2.24, 2.45) is 10.9 Å². The molecule has 2 rings (SSSR count). The van der Waals surface area contributed by atoms with Gasteiger partial charge in [0.05, 0.1) is 5.56 Å². The van der Waals surface area contributed by atoms with Crippen molar-refractivity contribution in [1.29, 1.82) is 0 Å². The van der Waals surface area contributed by atoms with Gasteiger partial charge in [0.1, 0.15) is 12.4 Å². The molecule has 2 aromatic rings. The van der Waals surface area contributed by atoms with Crippen LogP contribution in [0.2, 0.25) is 10.0 Å². The lowest BCUT2D eigenvalue weighted by atomic mass is 10.2. The molecule has 0 saturated heterocycles. The van der Waals surface area contributed by atoms with Gasteiger partial charge >= 0.3 is 0 Å². The van der Waals surface area contributed by atoms with Gasteiger partial charge in [-0.2, -0.15) is 0 Å². The number of halogens is 2. The Hall–Kier alpha value is -1.91. The Morgan fingerprint density at radius 3 is 2.65 bits per heavy atom. The van der Waals surface area contributed by atoms with Gasteiger partial charge in [-0.15, -0.1) is 0 Å². The van der Waals surface area contributed by atoms with Gasteiger partial charge in [-0.25, -0.2) is 0 Å². The van der Waals surface area contributed by atoms with E-state index in [0.717, 1.165) is 5.56 Å². The zero-order chi connectivity index (χ0) is 14.5. The summed E-state index contributed by atoms with van der Waals surface area (Å²) in [6.45, 7) is 0.271. The highest BCUT2D eigenvalue weighted by Crippen LogP contribution is 2.25. The van der Waals surface area contributed by atoms with Gasteiger partial charge in [0, 0.05) is 15.6 Å². The standard InChI is InChI=1S/C14H12Cl2N2O2/c15-10-5-6-13(11(7-10)14(17)18-19)20-8-9-3-1-2-4-12(9)16/h1-7,19H,8H2,(H2,17,18). The van der Waals surface area contributed by atoms with Crippen LogP contribution in [0.5, 0.6) is 5.75 Å². The predicted octanol–water partition coefficient (Wildman–Crippen LogP) is 3.67. The summed E-state index contributed by atoms with van der Waals surface area (Å²) in [6, 6.07) is 12.3. The quantitative estimate of drug-likeness (QED) is 0.392. The molecule has 2 aromatic carbocycles. The maximum atomic E-state index is 8.78. The number of nitrogens with two attached hydrogens (primary N) is 1. The highest BCUT2D eigenvalue weighted by Gasteiger charge is 2.10. The van der Waals surface area contributed by atoms with E-state index in [-0.39, 0.29) is 12.4 Å². The number of benzene rings is 2. The van der Waals surface area contributed by atoms with Crippen LogP contribution in [0.4, 0.5) is 0 Å². The van der Waals surface area contributed by atoms with Crippen LogP contribution in [0, 0.1) is 0 Å². The first-order valence-corrected chi connectivity index (χ1v) is 6.51. The zero-order valence-electron chi connectivity index (χ0n) is 10.4. The number of hydrogen-bond acceptors (Lipinski definition) is 3. The maximum absolute atomic E-state index is 8.78. The van der Waals surface area contributed by atoms with Crippen LogP contribution in [0.25, 0.3) is 0 Å². The average molecular weight is 311 g/mol. The first kappa shape index (κ1) is 14.5. The predicted molar refractivity (Wildman–Crippen MR) is 79.7 cm³/mol. The van der Waals surface area contributed by atoms with Crippen LogP contribution >= 0.6 is 23.2 Å². The van der Waals surface area contributed by atoms with E-state index in [0.29, 0.717) is 21.4 Å². The van der Waals surface area contributed by atoms with Crippen molar-refractivity contribution in [3.05, 3.63) is 63.6 Å². The van der Waals surface area contributed by atoms with E-state index < -0.39 is 0 Å². The second kappa shape index (κ2) is 6.50. The zero-order valence-corrected chi connectivity index (χ0v) is 11.9. The molecule has 0 atom stereocenters. The van der Waals surface area contributed by atoms with Crippen LogP contribution in [-0.2, 0) is 6.61 Å². The van der Waals surface area contributed by atoms with Gasteiger partial charge in [0.15, 0.2) is 5.84 Å². The smallest absolute Gasteiger partial charge is 0.173 e. The summed E-state index contributed by atoms with van der Waals surface area (Å²) < 4.78 is 5.67. The number of ether oxygens (including phenoxy) is 1. The van der Waals surface area contributed by atoms with Crippen LogP contribution in [0.1, 0.15) is 11.1 Å². The summed E-state index contributed by atoms with van der Waals surface area (Å²) in [5, 5.41) is 12.8. The normalized spacial score (nSPS) is 11.4. The second-order valence-corrected chi connectivity index (χ2v) is 4.85. The van der Waals surface area contributed by atoms with E-state index in [1.807, 2.05) is 18.2 Å². The van der Waals surface area contributed by atoms with Gasteiger partial charge in [0.25, 0.3) is 0 Å². The Bertz CT molecular complexity index is 645. The molecule has 4 nitrogen and oxygen atoms in total. The molecule has 0 bridgehead atoms.